The van der Waals surface area contributed by atoms with E-state index in [1.165, 1.54) is 6.08 Å². The summed E-state index contributed by atoms with van der Waals surface area (Å²) in [5.74, 6) is -0.298. The van der Waals surface area contributed by atoms with Crippen LogP contribution in [0.2, 0.25) is 0 Å². The highest BCUT2D eigenvalue weighted by Crippen LogP contribution is 2.21. The van der Waals surface area contributed by atoms with Gasteiger partial charge in [-0.05, 0) is 6.08 Å². The van der Waals surface area contributed by atoms with Crippen LogP contribution >= 0.6 is 11.6 Å². The van der Waals surface area contributed by atoms with E-state index in [1.54, 1.807) is 24.3 Å². The van der Waals surface area contributed by atoms with Crippen molar-refractivity contribution in [2.75, 3.05) is 19.0 Å². The number of ether oxygens (including phenoxy) is 1. The minimum Gasteiger partial charge on any atom is -0.445 e. The number of carbonyl (C=O) groups is 3. The summed E-state index contributed by atoms with van der Waals surface area (Å²) in [6.45, 7) is 0.0299. The van der Waals surface area contributed by atoms with Crippen LogP contribution in [-0.2, 0) is 4.74 Å². The van der Waals surface area contributed by atoms with Crippen molar-refractivity contribution in [1.29, 1.82) is 0 Å². The zero-order valence-electron chi connectivity index (χ0n) is 10.5. The van der Waals surface area contributed by atoms with E-state index >= 15 is 0 Å². The zero-order valence-corrected chi connectivity index (χ0v) is 11.3. The number of Topliss-reactive ketones (excluding diaryl/α,β-unsaturated/α-hetero) is 1. The van der Waals surface area contributed by atoms with Crippen LogP contribution in [-0.4, -0.2) is 36.7 Å². The van der Waals surface area contributed by atoms with Gasteiger partial charge < -0.3 is 10.1 Å². The highest BCUT2D eigenvalue weighted by molar-refractivity contribution is 6.24. The molecule has 20 heavy (non-hydrogen) atoms. The number of alkyl carbamates (subject to hydrolysis) is 1. The second-order valence-corrected chi connectivity index (χ2v) is 4.48. The summed E-state index contributed by atoms with van der Waals surface area (Å²) in [7, 11) is 0. The van der Waals surface area contributed by atoms with Gasteiger partial charge in [0.1, 0.15) is 6.61 Å². The minimum absolute atomic E-state index is 0.162. The normalized spacial score (nSPS) is 13.6. The Labute approximate surface area is 120 Å². The van der Waals surface area contributed by atoms with E-state index in [0.29, 0.717) is 11.1 Å². The van der Waals surface area contributed by atoms with Crippen molar-refractivity contribution in [3.05, 3.63) is 47.0 Å². The molecule has 0 saturated heterocycles. The number of carbonyl (C=O) groups excluding carboxylic acids is 3. The number of rotatable bonds is 4. The molecule has 1 aromatic rings. The van der Waals surface area contributed by atoms with E-state index in [4.69, 9.17) is 16.3 Å². The van der Waals surface area contributed by atoms with Gasteiger partial charge in [0.05, 0.1) is 0 Å². The van der Waals surface area contributed by atoms with Gasteiger partial charge in [-0.1, -0.05) is 24.3 Å². The third kappa shape index (κ3) is 3.05. The van der Waals surface area contributed by atoms with Crippen molar-refractivity contribution in [3.63, 3.8) is 0 Å². The lowest BCUT2D eigenvalue weighted by atomic mass is 9.90. The Morgan fingerprint density at radius 1 is 1.20 bits per heavy atom. The lowest BCUT2D eigenvalue weighted by Crippen LogP contribution is -2.28. The second kappa shape index (κ2) is 6.34. The molecule has 5 nitrogen and oxygen atoms in total. The molecular formula is C14H12ClNO4. The van der Waals surface area contributed by atoms with E-state index < -0.39 is 6.09 Å². The number of amides is 1. The summed E-state index contributed by atoms with van der Waals surface area (Å²) in [4.78, 5) is 35.3. The Morgan fingerprint density at radius 2 is 1.90 bits per heavy atom. The first-order chi connectivity index (χ1) is 9.63. The number of hydrogen-bond acceptors (Lipinski definition) is 4. The van der Waals surface area contributed by atoms with Crippen molar-refractivity contribution in [1.82, 2.24) is 5.32 Å². The molecule has 0 radical (unpaired) electrons. The van der Waals surface area contributed by atoms with Crippen LogP contribution in [0.15, 0.2) is 35.9 Å². The topological polar surface area (TPSA) is 72.5 Å². The average Bonchev–Trinajstić information content (AvgIpc) is 2.47. The predicted molar refractivity (Wildman–Crippen MR) is 73.3 cm³/mol. The van der Waals surface area contributed by atoms with Crippen LogP contribution < -0.4 is 5.32 Å². The molecule has 1 amide bonds. The predicted octanol–water partition coefficient (Wildman–Crippen LogP) is 1.96. The van der Waals surface area contributed by atoms with Gasteiger partial charge in [-0.2, -0.15) is 0 Å². The van der Waals surface area contributed by atoms with Crippen LogP contribution in [0.1, 0.15) is 20.7 Å². The van der Waals surface area contributed by atoms with Gasteiger partial charge in [0.15, 0.2) is 11.6 Å². The first-order valence-corrected chi connectivity index (χ1v) is 6.52. The third-order valence-electron chi connectivity index (χ3n) is 2.76. The van der Waals surface area contributed by atoms with Crippen LogP contribution in [0.4, 0.5) is 4.79 Å². The molecule has 1 aliphatic carbocycles. The Morgan fingerprint density at radius 3 is 2.60 bits per heavy atom. The van der Waals surface area contributed by atoms with Gasteiger partial charge in [0.25, 0.3) is 0 Å². The number of nitrogens with one attached hydrogen (secondary N) is 1. The number of ketones is 2. The number of halogens is 1. The third-order valence-corrected chi connectivity index (χ3v) is 2.95. The zero-order chi connectivity index (χ0) is 14.5. The van der Waals surface area contributed by atoms with Crippen LogP contribution in [0.3, 0.4) is 0 Å². The molecule has 0 aromatic heterocycles. The van der Waals surface area contributed by atoms with Crippen molar-refractivity contribution in [2.24, 2.45) is 0 Å². The largest absolute Gasteiger partial charge is 0.445 e. The van der Waals surface area contributed by atoms with E-state index in [0.717, 1.165) is 0 Å². The molecule has 1 aliphatic rings. The highest BCUT2D eigenvalue weighted by Gasteiger charge is 2.25. The summed E-state index contributed by atoms with van der Waals surface area (Å²) in [5.41, 5.74) is 0.863. The molecule has 0 unspecified atom stereocenters. The maximum absolute atomic E-state index is 12.1. The van der Waals surface area contributed by atoms with E-state index in [2.05, 4.69) is 5.32 Å². The van der Waals surface area contributed by atoms with E-state index in [9.17, 15) is 14.4 Å². The lowest BCUT2D eigenvalue weighted by molar-refractivity contribution is 0.0963. The molecule has 104 valence electrons. The fraction of sp³-hybridized carbons (Fsp3) is 0.214. The minimum atomic E-state index is -0.675. The van der Waals surface area contributed by atoms with Gasteiger partial charge in [0, 0.05) is 29.1 Å². The van der Waals surface area contributed by atoms with Crippen molar-refractivity contribution in [2.45, 2.75) is 0 Å². The summed E-state index contributed by atoms with van der Waals surface area (Å²) in [5, 5.41) is 2.40. The van der Waals surface area contributed by atoms with E-state index in [1.807, 2.05) is 0 Å². The first kappa shape index (κ1) is 14.3. The molecule has 0 heterocycles. The van der Waals surface area contributed by atoms with Crippen LogP contribution in [0, 0.1) is 0 Å². The molecular weight excluding hydrogens is 282 g/mol. The SMILES string of the molecule is O=C(NCCCl)OCC1=CC(=O)c2ccccc2C1=O. The van der Waals surface area contributed by atoms with Crippen molar-refractivity contribution >= 4 is 29.3 Å². The Bertz CT molecular complexity index is 595. The molecule has 0 saturated carbocycles. The highest BCUT2D eigenvalue weighted by atomic mass is 35.5. The number of hydrogen-bond donors (Lipinski definition) is 1. The van der Waals surface area contributed by atoms with Crippen molar-refractivity contribution in [3.8, 4) is 0 Å². The van der Waals surface area contributed by atoms with Crippen molar-refractivity contribution < 1.29 is 19.1 Å². The maximum Gasteiger partial charge on any atom is 0.407 e. The summed E-state index contributed by atoms with van der Waals surface area (Å²) in [6, 6.07) is 6.55. The monoisotopic (exact) mass is 293 g/mol. The fourth-order valence-electron chi connectivity index (χ4n) is 1.82. The average molecular weight is 294 g/mol. The van der Waals surface area contributed by atoms with Gasteiger partial charge >= 0.3 is 6.09 Å². The fourth-order valence-corrected chi connectivity index (χ4v) is 1.92. The van der Waals surface area contributed by atoms with Crippen LogP contribution in [0.25, 0.3) is 0 Å². The first-order valence-electron chi connectivity index (χ1n) is 5.98. The number of benzene rings is 1. The van der Waals surface area contributed by atoms with Crippen LogP contribution in [0.5, 0.6) is 0 Å². The number of fused-ring (bicyclic) bond motifs is 1. The van der Waals surface area contributed by atoms with Gasteiger partial charge in [-0.25, -0.2) is 4.79 Å². The Kier molecular flexibility index (Phi) is 4.53. The quantitative estimate of drug-likeness (QED) is 0.861. The molecule has 2 rings (SSSR count). The van der Waals surface area contributed by atoms with Gasteiger partial charge in [-0.3, -0.25) is 9.59 Å². The summed E-state index contributed by atoms with van der Waals surface area (Å²) >= 11 is 5.41. The molecule has 0 aliphatic heterocycles. The Hall–Kier alpha value is -2.14. The molecule has 6 heteroatoms. The van der Waals surface area contributed by atoms with Gasteiger partial charge in [0.2, 0.25) is 0 Å². The lowest BCUT2D eigenvalue weighted by Gasteiger charge is -2.15. The second-order valence-electron chi connectivity index (χ2n) is 4.10. The summed E-state index contributed by atoms with van der Waals surface area (Å²) < 4.78 is 4.87. The number of alkyl halides is 1. The smallest absolute Gasteiger partial charge is 0.407 e. The van der Waals surface area contributed by atoms with Gasteiger partial charge in [-0.15, -0.1) is 11.6 Å². The maximum atomic E-state index is 12.1. The molecule has 0 spiro atoms. The summed E-state index contributed by atoms with van der Waals surface area (Å²) in [6.07, 6.45) is 0.533. The standard InChI is InChI=1S/C14H12ClNO4/c15-5-6-16-14(19)20-8-9-7-12(17)10-3-1-2-4-11(10)13(9)18/h1-4,7H,5-6,8H2,(H,16,19). The molecule has 1 N–H and O–H groups in total. The van der Waals surface area contributed by atoms with E-state index in [-0.39, 0.29) is 36.2 Å². The Balaban J connectivity index is 2.06. The molecule has 0 bridgehead atoms. The molecule has 0 atom stereocenters. The molecule has 0 fully saturated rings. The molecule has 1 aromatic carbocycles. The number of allylic oxidation sites excluding steroid dienone is 1.